The van der Waals surface area contributed by atoms with E-state index in [9.17, 15) is 13.2 Å². The maximum atomic E-state index is 13.5. The molecular formula is C14H10Br2F3N. The molecule has 0 saturated heterocycles. The Morgan fingerprint density at radius 2 is 1.45 bits per heavy atom. The van der Waals surface area contributed by atoms with Gasteiger partial charge >= 0.3 is 0 Å². The van der Waals surface area contributed by atoms with Crippen molar-refractivity contribution >= 4 is 37.5 Å². The third-order valence-electron chi connectivity index (χ3n) is 2.73. The summed E-state index contributed by atoms with van der Waals surface area (Å²) in [7, 11) is 0. The summed E-state index contributed by atoms with van der Waals surface area (Å²) in [4.78, 5) is 0. The maximum Gasteiger partial charge on any atom is 0.161 e. The van der Waals surface area contributed by atoms with E-state index < -0.39 is 17.5 Å². The number of nitrogens with one attached hydrogen (secondary N) is 1. The van der Waals surface area contributed by atoms with Crippen LogP contribution in [0.25, 0.3) is 0 Å². The predicted molar refractivity (Wildman–Crippen MR) is 80.2 cm³/mol. The van der Waals surface area contributed by atoms with Crippen LogP contribution in [0.1, 0.15) is 11.1 Å². The highest BCUT2D eigenvalue weighted by molar-refractivity contribution is 9.11. The first-order valence-electron chi connectivity index (χ1n) is 5.71. The summed E-state index contributed by atoms with van der Waals surface area (Å²) in [6, 6.07) is 5.20. The molecule has 0 fully saturated rings. The fourth-order valence-corrected chi connectivity index (χ4v) is 3.45. The van der Waals surface area contributed by atoms with Crippen molar-refractivity contribution < 1.29 is 13.2 Å². The third-order valence-corrected chi connectivity index (χ3v) is 3.98. The highest BCUT2D eigenvalue weighted by Crippen LogP contribution is 2.32. The van der Waals surface area contributed by atoms with E-state index in [0.717, 1.165) is 26.3 Å². The zero-order chi connectivity index (χ0) is 14.9. The molecule has 0 atom stereocenters. The largest absolute Gasteiger partial charge is 0.379 e. The molecule has 2 aromatic carbocycles. The molecule has 0 heterocycles. The summed E-state index contributed by atoms with van der Waals surface area (Å²) in [6.07, 6.45) is 0. The molecule has 0 spiro atoms. The molecule has 6 heteroatoms. The average Bonchev–Trinajstić information content (AvgIpc) is 2.33. The maximum absolute atomic E-state index is 13.5. The van der Waals surface area contributed by atoms with Crippen LogP contribution < -0.4 is 5.32 Å². The summed E-state index contributed by atoms with van der Waals surface area (Å²) >= 11 is 6.79. The van der Waals surface area contributed by atoms with E-state index in [-0.39, 0.29) is 12.1 Å². The van der Waals surface area contributed by atoms with Gasteiger partial charge in [-0.2, -0.15) is 0 Å². The second kappa shape index (κ2) is 6.18. The van der Waals surface area contributed by atoms with Gasteiger partial charge in [0.05, 0.1) is 5.69 Å². The first-order valence-corrected chi connectivity index (χ1v) is 7.30. The molecular weight excluding hydrogens is 399 g/mol. The molecule has 0 bridgehead atoms. The number of halogens is 5. The Morgan fingerprint density at radius 3 is 2.05 bits per heavy atom. The van der Waals surface area contributed by atoms with Crippen molar-refractivity contribution in [2.75, 3.05) is 5.32 Å². The Morgan fingerprint density at radius 1 is 0.900 bits per heavy atom. The quantitative estimate of drug-likeness (QED) is 0.656. The van der Waals surface area contributed by atoms with Crippen LogP contribution in [0, 0.1) is 24.4 Å². The Balaban J connectivity index is 2.23. The molecule has 1 N–H and O–H groups in total. The molecule has 106 valence electrons. The monoisotopic (exact) mass is 407 g/mol. The SMILES string of the molecule is Cc1cc(Br)c(NCc2cc(F)c(F)cc2F)c(Br)c1. The van der Waals surface area contributed by atoms with Crippen molar-refractivity contribution in [1.29, 1.82) is 0 Å². The Labute approximate surface area is 131 Å². The lowest BCUT2D eigenvalue weighted by atomic mass is 10.2. The average molecular weight is 409 g/mol. The summed E-state index contributed by atoms with van der Waals surface area (Å²) in [5.41, 5.74) is 1.83. The van der Waals surface area contributed by atoms with Gasteiger partial charge in [0.2, 0.25) is 0 Å². The minimum Gasteiger partial charge on any atom is -0.379 e. The number of anilines is 1. The van der Waals surface area contributed by atoms with E-state index in [1.54, 1.807) is 0 Å². The van der Waals surface area contributed by atoms with Gasteiger partial charge < -0.3 is 5.32 Å². The molecule has 0 aromatic heterocycles. The van der Waals surface area contributed by atoms with Crippen molar-refractivity contribution in [3.8, 4) is 0 Å². The van der Waals surface area contributed by atoms with Gasteiger partial charge in [-0.25, -0.2) is 13.2 Å². The first kappa shape index (κ1) is 15.4. The number of hydrogen-bond acceptors (Lipinski definition) is 1. The van der Waals surface area contributed by atoms with Gasteiger partial charge in [-0.1, -0.05) is 0 Å². The fraction of sp³-hybridized carbons (Fsp3) is 0.143. The highest BCUT2D eigenvalue weighted by atomic mass is 79.9. The van der Waals surface area contributed by atoms with Crippen molar-refractivity contribution in [2.24, 2.45) is 0 Å². The molecule has 1 nitrogen and oxygen atoms in total. The van der Waals surface area contributed by atoms with Crippen LogP contribution in [0.5, 0.6) is 0 Å². The number of benzene rings is 2. The smallest absolute Gasteiger partial charge is 0.161 e. The lowest BCUT2D eigenvalue weighted by Crippen LogP contribution is -2.05. The molecule has 2 rings (SSSR count). The van der Waals surface area contributed by atoms with Crippen LogP contribution in [0.2, 0.25) is 0 Å². The minimum absolute atomic E-state index is 0.0449. The lowest BCUT2D eigenvalue weighted by Gasteiger charge is -2.12. The van der Waals surface area contributed by atoms with Crippen LogP contribution in [0.3, 0.4) is 0 Å². The normalized spacial score (nSPS) is 10.7. The van der Waals surface area contributed by atoms with E-state index in [2.05, 4.69) is 37.2 Å². The number of aryl methyl sites for hydroxylation is 1. The Hall–Kier alpha value is -1.01. The Kier molecular flexibility index (Phi) is 4.75. The van der Waals surface area contributed by atoms with Gasteiger partial charge in [0.25, 0.3) is 0 Å². The van der Waals surface area contributed by atoms with Gasteiger partial charge in [-0.3, -0.25) is 0 Å². The molecule has 0 aliphatic carbocycles. The highest BCUT2D eigenvalue weighted by Gasteiger charge is 2.11. The third kappa shape index (κ3) is 3.35. The Bertz CT molecular complexity index is 636. The molecule has 2 aromatic rings. The summed E-state index contributed by atoms with van der Waals surface area (Å²) in [5.74, 6) is -3.04. The van der Waals surface area contributed by atoms with Gasteiger partial charge in [0.1, 0.15) is 5.82 Å². The minimum atomic E-state index is -1.19. The van der Waals surface area contributed by atoms with E-state index in [4.69, 9.17) is 0 Å². The van der Waals surface area contributed by atoms with Gasteiger partial charge in [-0.15, -0.1) is 0 Å². The van der Waals surface area contributed by atoms with Gasteiger partial charge in [0.15, 0.2) is 11.6 Å². The van der Waals surface area contributed by atoms with Crippen molar-refractivity contribution in [1.82, 2.24) is 0 Å². The molecule has 20 heavy (non-hydrogen) atoms. The molecule has 0 radical (unpaired) electrons. The fourth-order valence-electron chi connectivity index (χ4n) is 1.75. The topological polar surface area (TPSA) is 12.0 Å². The van der Waals surface area contributed by atoms with Gasteiger partial charge in [-0.05, 0) is 62.5 Å². The van der Waals surface area contributed by atoms with Crippen LogP contribution in [0.4, 0.5) is 18.9 Å². The van der Waals surface area contributed by atoms with E-state index in [0.29, 0.717) is 6.07 Å². The molecule has 0 saturated carbocycles. The van der Waals surface area contributed by atoms with Gasteiger partial charge in [0, 0.05) is 27.1 Å². The zero-order valence-electron chi connectivity index (χ0n) is 10.4. The summed E-state index contributed by atoms with van der Waals surface area (Å²) in [6.45, 7) is 1.98. The molecule has 0 aliphatic heterocycles. The summed E-state index contributed by atoms with van der Waals surface area (Å²) in [5, 5.41) is 2.99. The van der Waals surface area contributed by atoms with Crippen molar-refractivity contribution in [3.05, 3.63) is 61.8 Å². The van der Waals surface area contributed by atoms with Crippen LogP contribution >= 0.6 is 31.9 Å². The molecule has 0 unspecified atom stereocenters. The predicted octanol–water partition coefficient (Wildman–Crippen LogP) is 5.55. The van der Waals surface area contributed by atoms with Crippen molar-refractivity contribution in [3.63, 3.8) is 0 Å². The summed E-state index contributed by atoms with van der Waals surface area (Å²) < 4.78 is 41.1. The van der Waals surface area contributed by atoms with Crippen LogP contribution in [-0.4, -0.2) is 0 Å². The van der Waals surface area contributed by atoms with E-state index in [1.807, 2.05) is 19.1 Å². The lowest BCUT2D eigenvalue weighted by molar-refractivity contribution is 0.490. The standard InChI is InChI=1S/C14H10Br2F3N/c1-7-2-9(15)14(10(16)3-7)20-6-8-4-12(18)13(19)5-11(8)17/h2-5,20H,6H2,1H3. The number of hydrogen-bond donors (Lipinski definition) is 1. The van der Waals surface area contributed by atoms with Crippen molar-refractivity contribution in [2.45, 2.75) is 13.5 Å². The molecule has 0 aliphatic rings. The van der Waals surface area contributed by atoms with E-state index in [1.165, 1.54) is 0 Å². The van der Waals surface area contributed by atoms with E-state index >= 15 is 0 Å². The zero-order valence-corrected chi connectivity index (χ0v) is 13.6. The second-order valence-corrected chi connectivity index (χ2v) is 6.02. The second-order valence-electron chi connectivity index (χ2n) is 4.31. The number of rotatable bonds is 3. The van der Waals surface area contributed by atoms with Crippen LogP contribution in [-0.2, 0) is 6.54 Å². The van der Waals surface area contributed by atoms with Crippen LogP contribution in [0.15, 0.2) is 33.2 Å². The molecule has 0 amide bonds. The first-order chi connectivity index (χ1) is 9.38.